The zero-order valence-corrected chi connectivity index (χ0v) is 13.3. The number of nitrogens with one attached hydrogen (secondary N) is 2. The highest BCUT2D eigenvalue weighted by molar-refractivity contribution is 5.86. The molecule has 6 heteroatoms. The lowest BCUT2D eigenvalue weighted by Crippen LogP contribution is -2.25. The third-order valence-corrected chi connectivity index (χ3v) is 3.11. The average molecular weight is 322 g/mol. The molecule has 0 fully saturated rings. The van der Waals surface area contributed by atoms with Crippen LogP contribution in [0.3, 0.4) is 0 Å². The number of anilines is 1. The summed E-state index contributed by atoms with van der Waals surface area (Å²) in [4.78, 5) is 11.8. The summed E-state index contributed by atoms with van der Waals surface area (Å²) >= 11 is 0. The molecule has 0 aliphatic carbocycles. The Labute approximate surface area is 140 Å². The van der Waals surface area contributed by atoms with Gasteiger partial charge in [-0.05, 0) is 31.2 Å². The lowest BCUT2D eigenvalue weighted by molar-refractivity contribution is -0.119. The van der Waals surface area contributed by atoms with Gasteiger partial charge in [-0.2, -0.15) is 10.4 Å². The Morgan fingerprint density at radius 1 is 1.25 bits per heavy atom. The van der Waals surface area contributed by atoms with Crippen LogP contribution >= 0.6 is 0 Å². The quantitative estimate of drug-likeness (QED) is 0.605. The molecule has 24 heavy (non-hydrogen) atoms. The molecule has 0 spiro atoms. The first kappa shape index (κ1) is 17.0. The molecule has 0 saturated heterocycles. The number of para-hydroxylation sites is 1. The van der Waals surface area contributed by atoms with Gasteiger partial charge in [0.1, 0.15) is 11.8 Å². The molecular weight excluding hydrogens is 304 g/mol. The van der Waals surface area contributed by atoms with Crippen LogP contribution in [-0.4, -0.2) is 25.3 Å². The minimum atomic E-state index is -0.262. The third-order valence-electron chi connectivity index (χ3n) is 3.11. The lowest BCUT2D eigenvalue weighted by atomic mass is 10.2. The summed E-state index contributed by atoms with van der Waals surface area (Å²) in [5.74, 6) is 0.275. The monoisotopic (exact) mass is 322 g/mol. The van der Waals surface area contributed by atoms with Gasteiger partial charge in [0.15, 0.2) is 6.61 Å². The van der Waals surface area contributed by atoms with Crippen molar-refractivity contribution in [2.45, 2.75) is 6.92 Å². The predicted molar refractivity (Wildman–Crippen MR) is 93.0 cm³/mol. The molecule has 0 unspecified atom stereocenters. The third kappa shape index (κ3) is 5.46. The number of nitriles is 1. The van der Waals surface area contributed by atoms with Gasteiger partial charge in [0, 0.05) is 11.3 Å². The average Bonchev–Trinajstić information content (AvgIpc) is 2.60. The largest absolute Gasteiger partial charge is 0.478 e. The van der Waals surface area contributed by atoms with Gasteiger partial charge in [0.05, 0.1) is 12.8 Å². The molecule has 2 aromatic carbocycles. The number of amides is 1. The first-order chi connectivity index (χ1) is 11.7. The van der Waals surface area contributed by atoms with Gasteiger partial charge < -0.3 is 10.1 Å². The van der Waals surface area contributed by atoms with Gasteiger partial charge in [-0.1, -0.05) is 29.8 Å². The van der Waals surface area contributed by atoms with Crippen molar-refractivity contribution < 1.29 is 9.53 Å². The van der Waals surface area contributed by atoms with Gasteiger partial charge in [-0.3, -0.25) is 4.79 Å². The van der Waals surface area contributed by atoms with E-state index < -0.39 is 0 Å². The van der Waals surface area contributed by atoms with Gasteiger partial charge in [0.25, 0.3) is 5.91 Å². The maximum absolute atomic E-state index is 11.8. The topological polar surface area (TPSA) is 86.5 Å². The maximum Gasteiger partial charge on any atom is 0.259 e. The zero-order valence-electron chi connectivity index (χ0n) is 13.3. The Balaban J connectivity index is 1.84. The summed E-state index contributed by atoms with van der Waals surface area (Å²) in [6, 6.07) is 16.8. The van der Waals surface area contributed by atoms with Crippen molar-refractivity contribution >= 4 is 17.8 Å². The van der Waals surface area contributed by atoms with E-state index in [0.29, 0.717) is 11.3 Å². The number of aryl methyl sites for hydroxylation is 1. The van der Waals surface area contributed by atoms with E-state index in [0.717, 1.165) is 11.3 Å². The smallest absolute Gasteiger partial charge is 0.259 e. The van der Waals surface area contributed by atoms with E-state index in [9.17, 15) is 4.79 Å². The number of carbonyl (C=O) groups excluding carboxylic acids is 1. The van der Waals surface area contributed by atoms with E-state index in [1.807, 2.05) is 43.3 Å². The van der Waals surface area contributed by atoms with Crippen molar-refractivity contribution in [3.05, 3.63) is 59.7 Å². The maximum atomic E-state index is 11.8. The summed E-state index contributed by atoms with van der Waals surface area (Å²) in [7, 11) is 0. The van der Waals surface area contributed by atoms with Crippen LogP contribution < -0.4 is 15.5 Å². The van der Waals surface area contributed by atoms with E-state index in [4.69, 9.17) is 10.00 Å². The highest BCUT2D eigenvalue weighted by Crippen LogP contribution is 2.15. The number of rotatable bonds is 7. The Morgan fingerprint density at radius 3 is 2.75 bits per heavy atom. The fourth-order valence-electron chi connectivity index (χ4n) is 1.90. The molecule has 0 aliphatic rings. The molecule has 122 valence electrons. The highest BCUT2D eigenvalue weighted by atomic mass is 16.5. The molecule has 2 aromatic rings. The number of nitrogens with zero attached hydrogens (tertiary/aromatic N) is 2. The van der Waals surface area contributed by atoms with Gasteiger partial charge >= 0.3 is 0 Å². The number of carbonyl (C=O) groups is 1. The molecule has 2 N–H and O–H groups in total. The van der Waals surface area contributed by atoms with Crippen LogP contribution in [0.4, 0.5) is 5.69 Å². The Kier molecular flexibility index (Phi) is 6.35. The molecular formula is C18H18N4O2. The van der Waals surface area contributed by atoms with Crippen molar-refractivity contribution in [2.24, 2.45) is 5.10 Å². The van der Waals surface area contributed by atoms with Crippen molar-refractivity contribution in [3.63, 3.8) is 0 Å². The fraction of sp³-hybridized carbons (Fsp3) is 0.167. The van der Waals surface area contributed by atoms with E-state index in [2.05, 4.69) is 15.8 Å². The standard InChI is InChI=1S/C18H18N4O2/c1-14-6-8-16(9-7-14)20-13-18(23)22-21-12-15-4-2-3-5-17(15)24-11-10-19/h2-9,12,20H,11,13H2,1H3,(H,22,23)/b21-12-. The molecule has 0 aliphatic heterocycles. The zero-order chi connectivity index (χ0) is 17.2. The predicted octanol–water partition coefficient (Wildman–Crippen LogP) is 2.46. The van der Waals surface area contributed by atoms with E-state index in [1.54, 1.807) is 18.2 Å². The van der Waals surface area contributed by atoms with Crippen LogP contribution in [0.1, 0.15) is 11.1 Å². The second-order valence-corrected chi connectivity index (χ2v) is 5.00. The van der Waals surface area contributed by atoms with Crippen LogP contribution in [0.5, 0.6) is 5.75 Å². The number of hydrogen-bond donors (Lipinski definition) is 2. The summed E-state index contributed by atoms with van der Waals surface area (Å²) in [6.45, 7) is 2.08. The summed E-state index contributed by atoms with van der Waals surface area (Å²) in [5.41, 5.74) is 5.15. The molecule has 0 bridgehead atoms. The summed E-state index contributed by atoms with van der Waals surface area (Å²) < 4.78 is 5.28. The first-order valence-electron chi connectivity index (χ1n) is 7.40. The van der Waals surface area contributed by atoms with Crippen molar-refractivity contribution in [1.82, 2.24) is 5.43 Å². The number of benzene rings is 2. The fourth-order valence-corrected chi connectivity index (χ4v) is 1.90. The van der Waals surface area contributed by atoms with Gasteiger partial charge in [0.2, 0.25) is 0 Å². The molecule has 0 radical (unpaired) electrons. The van der Waals surface area contributed by atoms with Crippen LogP contribution in [0.15, 0.2) is 53.6 Å². The summed E-state index contributed by atoms with van der Waals surface area (Å²) in [6.07, 6.45) is 1.48. The van der Waals surface area contributed by atoms with Crippen molar-refractivity contribution in [3.8, 4) is 11.8 Å². The van der Waals surface area contributed by atoms with Crippen molar-refractivity contribution in [1.29, 1.82) is 5.26 Å². The number of hydrogen-bond acceptors (Lipinski definition) is 5. The molecule has 0 aromatic heterocycles. The highest BCUT2D eigenvalue weighted by Gasteiger charge is 2.01. The first-order valence-corrected chi connectivity index (χ1v) is 7.40. The van der Waals surface area contributed by atoms with Crippen LogP contribution in [-0.2, 0) is 4.79 Å². The number of ether oxygens (including phenoxy) is 1. The molecule has 0 saturated carbocycles. The normalized spacial score (nSPS) is 10.2. The molecule has 6 nitrogen and oxygen atoms in total. The number of hydrazone groups is 1. The van der Waals surface area contributed by atoms with Crippen LogP contribution in [0, 0.1) is 18.3 Å². The molecule has 1 amide bonds. The second kappa shape index (κ2) is 8.96. The van der Waals surface area contributed by atoms with Gasteiger partial charge in [-0.15, -0.1) is 0 Å². The van der Waals surface area contributed by atoms with E-state index in [-0.39, 0.29) is 19.1 Å². The van der Waals surface area contributed by atoms with Crippen LogP contribution in [0.25, 0.3) is 0 Å². The lowest BCUT2D eigenvalue weighted by Gasteiger charge is -2.06. The summed E-state index contributed by atoms with van der Waals surface area (Å²) in [5, 5.41) is 15.5. The molecule has 2 rings (SSSR count). The Morgan fingerprint density at radius 2 is 2.00 bits per heavy atom. The van der Waals surface area contributed by atoms with Gasteiger partial charge in [-0.25, -0.2) is 5.43 Å². The minimum absolute atomic E-state index is 0.0440. The second-order valence-electron chi connectivity index (χ2n) is 5.00. The van der Waals surface area contributed by atoms with E-state index in [1.165, 1.54) is 6.21 Å². The van der Waals surface area contributed by atoms with Crippen LogP contribution in [0.2, 0.25) is 0 Å². The molecule has 0 heterocycles. The SMILES string of the molecule is Cc1ccc(NCC(=O)N/N=C\c2ccccc2OCC#N)cc1. The Bertz CT molecular complexity index is 748. The van der Waals surface area contributed by atoms with Crippen molar-refractivity contribution in [2.75, 3.05) is 18.5 Å². The Hall–Kier alpha value is -3.33. The van der Waals surface area contributed by atoms with E-state index >= 15 is 0 Å². The minimum Gasteiger partial charge on any atom is -0.478 e. The molecule has 0 atom stereocenters.